The Morgan fingerprint density at radius 1 is 1.47 bits per heavy atom. The normalized spacial score (nSPS) is 21.7. The molecule has 2 N–H and O–H groups in total. The van der Waals surface area contributed by atoms with Gasteiger partial charge in [0, 0.05) is 19.6 Å². The van der Waals surface area contributed by atoms with Gasteiger partial charge < -0.3 is 5.73 Å². The fourth-order valence-corrected chi connectivity index (χ4v) is 3.61. The van der Waals surface area contributed by atoms with E-state index in [1.165, 1.54) is 4.31 Å². The summed E-state index contributed by atoms with van der Waals surface area (Å²) in [5.74, 6) is 0.556. The molecule has 0 heterocycles. The van der Waals surface area contributed by atoms with Gasteiger partial charge in [-0.25, -0.2) is 12.7 Å². The molecule has 0 amide bonds. The highest BCUT2D eigenvalue weighted by atomic mass is 32.2. The van der Waals surface area contributed by atoms with Crippen molar-refractivity contribution in [3.63, 3.8) is 0 Å². The van der Waals surface area contributed by atoms with Crippen molar-refractivity contribution in [2.24, 2.45) is 11.7 Å². The molecule has 0 saturated heterocycles. The van der Waals surface area contributed by atoms with Crippen molar-refractivity contribution in [2.75, 3.05) is 13.6 Å². The van der Waals surface area contributed by atoms with Crippen LogP contribution < -0.4 is 5.73 Å². The van der Waals surface area contributed by atoms with Gasteiger partial charge in [-0.3, -0.25) is 0 Å². The molecule has 1 aliphatic rings. The number of sulfonamides is 1. The third-order valence-electron chi connectivity index (χ3n) is 3.42. The first-order valence-corrected chi connectivity index (χ1v) is 7.12. The minimum absolute atomic E-state index is 0.121. The van der Waals surface area contributed by atoms with E-state index < -0.39 is 15.3 Å². The molecule has 0 aliphatic heterocycles. The van der Waals surface area contributed by atoms with E-state index in [9.17, 15) is 8.42 Å². The van der Waals surface area contributed by atoms with Crippen molar-refractivity contribution in [3.05, 3.63) is 0 Å². The predicted molar refractivity (Wildman–Crippen MR) is 62.0 cm³/mol. The van der Waals surface area contributed by atoms with Gasteiger partial charge in [-0.05, 0) is 32.1 Å². The highest BCUT2D eigenvalue weighted by Gasteiger charge is 2.37. The molecular weight excluding hydrogens is 212 g/mol. The maximum atomic E-state index is 12.1. The molecule has 1 aliphatic carbocycles. The molecule has 0 aromatic rings. The molecule has 1 fully saturated rings. The monoisotopic (exact) mass is 234 g/mol. The van der Waals surface area contributed by atoms with Gasteiger partial charge >= 0.3 is 0 Å². The summed E-state index contributed by atoms with van der Waals surface area (Å²) in [6, 6.07) is 0.121. The third-order valence-corrected chi connectivity index (χ3v) is 5.92. The van der Waals surface area contributed by atoms with Crippen LogP contribution in [-0.4, -0.2) is 37.6 Å². The Balaban J connectivity index is 2.74. The lowest BCUT2D eigenvalue weighted by Gasteiger charge is -2.28. The van der Waals surface area contributed by atoms with Gasteiger partial charge in [-0.15, -0.1) is 0 Å². The molecule has 0 aromatic carbocycles. The molecule has 1 rings (SSSR count). The average molecular weight is 234 g/mol. The Bertz CT molecular complexity index is 295. The molecule has 0 spiro atoms. The molecule has 2 unspecified atom stereocenters. The molecule has 0 radical (unpaired) electrons. The topological polar surface area (TPSA) is 63.4 Å². The van der Waals surface area contributed by atoms with Gasteiger partial charge in [-0.1, -0.05) is 6.92 Å². The van der Waals surface area contributed by atoms with Gasteiger partial charge in [0.05, 0.1) is 5.25 Å². The maximum Gasteiger partial charge on any atom is 0.218 e. The zero-order valence-electron chi connectivity index (χ0n) is 9.81. The number of hydrogen-bond donors (Lipinski definition) is 1. The van der Waals surface area contributed by atoms with E-state index in [-0.39, 0.29) is 12.6 Å². The Hall–Kier alpha value is -0.130. The third kappa shape index (κ3) is 2.71. The van der Waals surface area contributed by atoms with E-state index >= 15 is 0 Å². The molecule has 90 valence electrons. The lowest BCUT2D eigenvalue weighted by atomic mass is 10.2. The summed E-state index contributed by atoms with van der Waals surface area (Å²) in [6.07, 6.45) is 2.89. The van der Waals surface area contributed by atoms with E-state index in [0.29, 0.717) is 12.3 Å². The second-order valence-corrected chi connectivity index (χ2v) is 6.68. The van der Waals surface area contributed by atoms with Crippen molar-refractivity contribution in [3.8, 4) is 0 Å². The smallest absolute Gasteiger partial charge is 0.218 e. The van der Waals surface area contributed by atoms with E-state index in [0.717, 1.165) is 12.8 Å². The van der Waals surface area contributed by atoms with Crippen molar-refractivity contribution in [2.45, 2.75) is 44.4 Å². The van der Waals surface area contributed by atoms with Crippen molar-refractivity contribution >= 4 is 10.0 Å². The quantitative estimate of drug-likeness (QED) is 0.739. The summed E-state index contributed by atoms with van der Waals surface area (Å²) in [5.41, 5.74) is 5.49. The summed E-state index contributed by atoms with van der Waals surface area (Å²) < 4.78 is 25.7. The SMILES string of the molecule is CCC(CN)S(=O)(=O)N(C)C(C)C1CC1. The summed E-state index contributed by atoms with van der Waals surface area (Å²) >= 11 is 0. The van der Waals surface area contributed by atoms with Crippen LogP contribution in [0.5, 0.6) is 0 Å². The second kappa shape index (κ2) is 4.80. The van der Waals surface area contributed by atoms with E-state index in [4.69, 9.17) is 5.73 Å². The van der Waals surface area contributed by atoms with Gasteiger partial charge in [-0.2, -0.15) is 0 Å². The molecule has 5 heteroatoms. The first-order chi connectivity index (χ1) is 6.95. The maximum absolute atomic E-state index is 12.1. The van der Waals surface area contributed by atoms with Gasteiger partial charge in [0.2, 0.25) is 10.0 Å². The van der Waals surface area contributed by atoms with Crippen molar-refractivity contribution < 1.29 is 8.42 Å². The van der Waals surface area contributed by atoms with Crippen molar-refractivity contribution in [1.29, 1.82) is 0 Å². The predicted octanol–water partition coefficient (Wildman–Crippen LogP) is 0.784. The van der Waals surface area contributed by atoms with E-state index in [1.807, 2.05) is 13.8 Å². The van der Waals surface area contributed by atoms with Gasteiger partial charge in [0.1, 0.15) is 0 Å². The number of nitrogens with two attached hydrogens (primary N) is 1. The summed E-state index contributed by atoms with van der Waals surface area (Å²) in [7, 11) is -1.52. The highest BCUT2D eigenvalue weighted by Crippen LogP contribution is 2.36. The molecule has 0 aromatic heterocycles. The zero-order chi connectivity index (χ0) is 11.6. The first kappa shape index (κ1) is 12.9. The Kier molecular flexibility index (Phi) is 4.14. The second-order valence-electron chi connectivity index (χ2n) is 4.41. The molecule has 1 saturated carbocycles. The average Bonchev–Trinajstić information content (AvgIpc) is 3.00. The first-order valence-electron chi connectivity index (χ1n) is 5.62. The van der Waals surface area contributed by atoms with Crippen LogP contribution in [0.2, 0.25) is 0 Å². The summed E-state index contributed by atoms with van der Waals surface area (Å²) in [4.78, 5) is 0. The van der Waals surface area contributed by atoms with Crippen LogP contribution in [0.15, 0.2) is 0 Å². The van der Waals surface area contributed by atoms with Crippen LogP contribution in [0.1, 0.15) is 33.1 Å². The molecule has 2 atom stereocenters. The lowest BCUT2D eigenvalue weighted by Crippen LogP contribution is -2.44. The molecule has 15 heavy (non-hydrogen) atoms. The molecule has 0 bridgehead atoms. The fourth-order valence-electron chi connectivity index (χ4n) is 1.84. The standard InChI is InChI=1S/C10H22N2O2S/c1-4-10(7-11)15(13,14)12(3)8(2)9-5-6-9/h8-10H,4-7,11H2,1-3H3. The van der Waals surface area contributed by atoms with Crippen LogP contribution in [0, 0.1) is 5.92 Å². The van der Waals surface area contributed by atoms with Crippen LogP contribution in [0.3, 0.4) is 0 Å². The van der Waals surface area contributed by atoms with Gasteiger partial charge in [0.15, 0.2) is 0 Å². The zero-order valence-corrected chi connectivity index (χ0v) is 10.6. The van der Waals surface area contributed by atoms with Crippen LogP contribution in [-0.2, 0) is 10.0 Å². The number of rotatable bonds is 6. The van der Waals surface area contributed by atoms with Gasteiger partial charge in [0.25, 0.3) is 0 Å². The molecule has 4 nitrogen and oxygen atoms in total. The minimum Gasteiger partial charge on any atom is -0.329 e. The summed E-state index contributed by atoms with van der Waals surface area (Å²) in [6.45, 7) is 4.06. The van der Waals surface area contributed by atoms with Crippen LogP contribution in [0.25, 0.3) is 0 Å². The Morgan fingerprint density at radius 2 is 2.00 bits per heavy atom. The fraction of sp³-hybridized carbons (Fsp3) is 1.00. The number of hydrogen-bond acceptors (Lipinski definition) is 3. The Morgan fingerprint density at radius 3 is 2.33 bits per heavy atom. The highest BCUT2D eigenvalue weighted by molar-refractivity contribution is 7.89. The summed E-state index contributed by atoms with van der Waals surface area (Å²) in [5, 5.41) is -0.427. The van der Waals surface area contributed by atoms with Crippen LogP contribution >= 0.6 is 0 Å². The van der Waals surface area contributed by atoms with Crippen molar-refractivity contribution in [1.82, 2.24) is 4.31 Å². The molecular formula is C10H22N2O2S. The van der Waals surface area contributed by atoms with E-state index in [1.54, 1.807) is 7.05 Å². The minimum atomic E-state index is -3.20. The Labute approximate surface area is 92.9 Å². The lowest BCUT2D eigenvalue weighted by molar-refractivity contribution is 0.351. The largest absolute Gasteiger partial charge is 0.329 e. The van der Waals surface area contributed by atoms with E-state index in [2.05, 4.69) is 0 Å². The number of nitrogens with zero attached hydrogens (tertiary/aromatic N) is 1. The van der Waals surface area contributed by atoms with Crippen LogP contribution in [0.4, 0.5) is 0 Å².